The Bertz CT molecular complexity index is 597. The van der Waals surface area contributed by atoms with Gasteiger partial charge in [0.1, 0.15) is 5.82 Å². The Labute approximate surface area is 126 Å². The number of hydrogen-bond donors (Lipinski definition) is 0. The van der Waals surface area contributed by atoms with E-state index in [-0.39, 0.29) is 0 Å². The topological polar surface area (TPSA) is 32.3 Å². The molecule has 110 valence electrons. The molecule has 21 heavy (non-hydrogen) atoms. The lowest BCUT2D eigenvalue weighted by molar-refractivity contribution is 0.282. The lowest BCUT2D eigenvalue weighted by Gasteiger charge is -2.29. The lowest BCUT2D eigenvalue weighted by atomic mass is 10.1. The number of benzene rings is 1. The molecule has 1 fully saturated rings. The Kier molecular flexibility index (Phi) is 3.88. The summed E-state index contributed by atoms with van der Waals surface area (Å²) in [7, 11) is 4.31. The zero-order chi connectivity index (χ0) is 14.8. The number of anilines is 1. The van der Waals surface area contributed by atoms with Crippen molar-refractivity contribution in [1.82, 2.24) is 14.9 Å². The Morgan fingerprint density at radius 1 is 1.14 bits per heavy atom. The Balaban J connectivity index is 1.87. The second-order valence-corrected chi connectivity index (χ2v) is 5.86. The normalized spacial score (nSPS) is 22.0. The number of hydrogen-bond acceptors (Lipinski definition) is 4. The third-order valence-corrected chi connectivity index (χ3v) is 4.34. The first-order valence-corrected chi connectivity index (χ1v) is 7.48. The molecular formula is C17H22N4. The number of nitrogens with zero attached hydrogens (tertiary/aromatic N) is 4. The van der Waals surface area contributed by atoms with E-state index in [1.807, 2.05) is 30.5 Å². The monoisotopic (exact) mass is 282 g/mol. The molecule has 2 unspecified atom stereocenters. The molecule has 1 aliphatic heterocycles. The molecule has 2 atom stereocenters. The summed E-state index contributed by atoms with van der Waals surface area (Å²) >= 11 is 0. The van der Waals surface area contributed by atoms with Crippen LogP contribution in [0.15, 0.2) is 42.6 Å². The van der Waals surface area contributed by atoms with Gasteiger partial charge in [-0.15, -0.1) is 0 Å². The van der Waals surface area contributed by atoms with Crippen molar-refractivity contribution in [3.05, 3.63) is 42.6 Å². The molecule has 4 nitrogen and oxygen atoms in total. The van der Waals surface area contributed by atoms with E-state index in [2.05, 4.69) is 47.9 Å². The molecule has 2 aromatic rings. The largest absolute Gasteiger partial charge is 0.352 e. The van der Waals surface area contributed by atoms with Crippen LogP contribution in [-0.2, 0) is 0 Å². The van der Waals surface area contributed by atoms with Gasteiger partial charge in [-0.1, -0.05) is 30.3 Å². The van der Waals surface area contributed by atoms with Gasteiger partial charge >= 0.3 is 0 Å². The molecule has 0 bridgehead atoms. The molecule has 0 radical (unpaired) electrons. The molecule has 1 aromatic heterocycles. The van der Waals surface area contributed by atoms with E-state index in [0.29, 0.717) is 12.1 Å². The third kappa shape index (κ3) is 2.76. The van der Waals surface area contributed by atoms with Crippen LogP contribution in [0.1, 0.15) is 13.3 Å². The quantitative estimate of drug-likeness (QED) is 0.866. The zero-order valence-corrected chi connectivity index (χ0v) is 12.9. The van der Waals surface area contributed by atoms with Gasteiger partial charge in [-0.3, -0.25) is 0 Å². The Morgan fingerprint density at radius 2 is 1.90 bits per heavy atom. The Hall–Kier alpha value is -1.94. The van der Waals surface area contributed by atoms with Crippen LogP contribution >= 0.6 is 0 Å². The van der Waals surface area contributed by atoms with Gasteiger partial charge in [0, 0.05) is 30.4 Å². The molecule has 0 N–H and O–H groups in total. The fourth-order valence-corrected chi connectivity index (χ4v) is 3.17. The first-order chi connectivity index (χ1) is 10.2. The van der Waals surface area contributed by atoms with E-state index in [1.54, 1.807) is 0 Å². The fraction of sp³-hybridized carbons (Fsp3) is 0.412. The van der Waals surface area contributed by atoms with Crippen molar-refractivity contribution in [1.29, 1.82) is 0 Å². The average molecular weight is 282 g/mol. The SMILES string of the molecule is CC1C(N(C)C)CCN1c1ccnc(-c2ccccc2)n1. The number of rotatable bonds is 3. The van der Waals surface area contributed by atoms with Gasteiger partial charge in [0.25, 0.3) is 0 Å². The summed E-state index contributed by atoms with van der Waals surface area (Å²) in [6, 6.07) is 13.2. The van der Waals surface area contributed by atoms with Gasteiger partial charge in [-0.25, -0.2) is 9.97 Å². The smallest absolute Gasteiger partial charge is 0.161 e. The van der Waals surface area contributed by atoms with Crippen molar-refractivity contribution in [2.45, 2.75) is 25.4 Å². The standard InChI is InChI=1S/C17H22N4/c1-13-15(20(2)3)10-12-21(13)16-9-11-18-17(19-16)14-7-5-4-6-8-14/h4-9,11,13,15H,10,12H2,1-3H3. The Morgan fingerprint density at radius 3 is 2.57 bits per heavy atom. The minimum Gasteiger partial charge on any atom is -0.352 e. The summed E-state index contributed by atoms with van der Waals surface area (Å²) in [6.45, 7) is 3.33. The van der Waals surface area contributed by atoms with Crippen molar-refractivity contribution < 1.29 is 0 Å². The van der Waals surface area contributed by atoms with Crippen LogP contribution in [0.25, 0.3) is 11.4 Å². The first-order valence-electron chi connectivity index (χ1n) is 7.48. The molecule has 1 aromatic carbocycles. The van der Waals surface area contributed by atoms with Gasteiger partial charge in [0.2, 0.25) is 0 Å². The molecule has 4 heteroatoms. The van der Waals surface area contributed by atoms with Gasteiger partial charge in [0.15, 0.2) is 5.82 Å². The van der Waals surface area contributed by atoms with Crippen molar-refractivity contribution >= 4 is 5.82 Å². The van der Waals surface area contributed by atoms with Crippen LogP contribution in [0, 0.1) is 0 Å². The molecule has 3 rings (SSSR count). The maximum Gasteiger partial charge on any atom is 0.161 e. The molecule has 0 aliphatic carbocycles. The zero-order valence-electron chi connectivity index (χ0n) is 12.9. The van der Waals surface area contributed by atoms with Gasteiger partial charge < -0.3 is 9.80 Å². The van der Waals surface area contributed by atoms with Crippen molar-refractivity contribution in [3.63, 3.8) is 0 Å². The van der Waals surface area contributed by atoms with Gasteiger partial charge in [-0.2, -0.15) is 0 Å². The fourth-order valence-electron chi connectivity index (χ4n) is 3.17. The number of aromatic nitrogens is 2. The molecule has 1 aliphatic rings. The highest BCUT2D eigenvalue weighted by Gasteiger charge is 2.32. The molecular weight excluding hydrogens is 260 g/mol. The van der Waals surface area contributed by atoms with Crippen molar-refractivity contribution in [2.24, 2.45) is 0 Å². The summed E-state index contributed by atoms with van der Waals surface area (Å²) in [6.07, 6.45) is 3.04. The van der Waals surface area contributed by atoms with E-state index in [9.17, 15) is 0 Å². The van der Waals surface area contributed by atoms with E-state index in [1.165, 1.54) is 6.42 Å². The van der Waals surface area contributed by atoms with Crippen LogP contribution in [0.2, 0.25) is 0 Å². The highest BCUT2D eigenvalue weighted by atomic mass is 15.3. The van der Waals surface area contributed by atoms with E-state index < -0.39 is 0 Å². The molecule has 0 saturated carbocycles. The summed E-state index contributed by atoms with van der Waals surface area (Å²) in [5.41, 5.74) is 1.07. The van der Waals surface area contributed by atoms with Crippen LogP contribution in [0.3, 0.4) is 0 Å². The molecule has 0 spiro atoms. The van der Waals surface area contributed by atoms with Crippen molar-refractivity contribution in [3.8, 4) is 11.4 Å². The second-order valence-electron chi connectivity index (χ2n) is 5.86. The van der Waals surface area contributed by atoms with Crippen LogP contribution < -0.4 is 4.90 Å². The van der Waals surface area contributed by atoms with Crippen LogP contribution in [-0.4, -0.2) is 47.6 Å². The predicted molar refractivity (Wildman–Crippen MR) is 86.4 cm³/mol. The van der Waals surface area contributed by atoms with Gasteiger partial charge in [0.05, 0.1) is 0 Å². The third-order valence-electron chi connectivity index (χ3n) is 4.34. The predicted octanol–water partition coefficient (Wildman–Crippen LogP) is 2.67. The van der Waals surface area contributed by atoms with E-state index >= 15 is 0 Å². The highest BCUT2D eigenvalue weighted by Crippen LogP contribution is 2.27. The molecule has 1 saturated heterocycles. The van der Waals surface area contributed by atoms with Crippen LogP contribution in [0.4, 0.5) is 5.82 Å². The summed E-state index contributed by atoms with van der Waals surface area (Å²) in [5, 5.41) is 0. The second kappa shape index (κ2) is 5.82. The summed E-state index contributed by atoms with van der Waals surface area (Å²) < 4.78 is 0. The van der Waals surface area contributed by atoms with Crippen LogP contribution in [0.5, 0.6) is 0 Å². The maximum absolute atomic E-state index is 4.77. The minimum atomic E-state index is 0.471. The van der Waals surface area contributed by atoms with Crippen molar-refractivity contribution in [2.75, 3.05) is 25.5 Å². The average Bonchev–Trinajstić information content (AvgIpc) is 2.90. The summed E-state index contributed by atoms with van der Waals surface area (Å²) in [4.78, 5) is 13.9. The maximum atomic E-state index is 4.77. The highest BCUT2D eigenvalue weighted by molar-refractivity contribution is 5.57. The molecule has 0 amide bonds. The number of likely N-dealkylation sites (N-methyl/N-ethyl adjacent to an activating group) is 1. The first kappa shape index (κ1) is 14.0. The lowest BCUT2D eigenvalue weighted by Crippen LogP contribution is -2.40. The van der Waals surface area contributed by atoms with Gasteiger partial charge in [-0.05, 0) is 33.5 Å². The van der Waals surface area contributed by atoms with E-state index in [0.717, 1.165) is 23.8 Å². The minimum absolute atomic E-state index is 0.471. The summed E-state index contributed by atoms with van der Waals surface area (Å²) in [5.74, 6) is 1.83. The van der Waals surface area contributed by atoms with E-state index in [4.69, 9.17) is 4.98 Å². The molecule has 2 heterocycles.